The van der Waals surface area contributed by atoms with Crippen LogP contribution in [0.5, 0.6) is 0 Å². The number of amides is 1. The van der Waals surface area contributed by atoms with Gasteiger partial charge >= 0.3 is 0 Å². The van der Waals surface area contributed by atoms with Crippen molar-refractivity contribution < 1.29 is 4.79 Å². The molecule has 0 aliphatic heterocycles. The van der Waals surface area contributed by atoms with E-state index in [-0.39, 0.29) is 5.91 Å². The zero-order valence-corrected chi connectivity index (χ0v) is 9.99. The van der Waals surface area contributed by atoms with Crippen LogP contribution in [0, 0.1) is 3.57 Å². The highest BCUT2D eigenvalue weighted by Gasteiger charge is 2.05. The lowest BCUT2D eigenvalue weighted by molar-refractivity contribution is 0.102. The van der Waals surface area contributed by atoms with E-state index in [0.29, 0.717) is 5.69 Å². The van der Waals surface area contributed by atoms with Crippen LogP contribution in [0.4, 0.5) is 5.69 Å². The predicted octanol–water partition coefficient (Wildman–Crippen LogP) is 2.87. The number of halogens is 1. The van der Waals surface area contributed by atoms with Gasteiger partial charge in [-0.2, -0.15) is 0 Å². The van der Waals surface area contributed by atoms with Crippen molar-refractivity contribution in [2.75, 3.05) is 5.32 Å². The zero-order chi connectivity index (χ0) is 10.7. The maximum absolute atomic E-state index is 11.6. The molecule has 1 amide bonds. The summed E-state index contributed by atoms with van der Waals surface area (Å²) in [4.78, 5) is 14.5. The van der Waals surface area contributed by atoms with Crippen LogP contribution in [0.3, 0.4) is 0 Å². The summed E-state index contributed by atoms with van der Waals surface area (Å²) in [5.41, 5.74) is 1.37. The van der Waals surface area contributed by atoms with Gasteiger partial charge in [-0.15, -0.1) is 0 Å². The van der Waals surface area contributed by atoms with Crippen LogP contribution in [0.1, 0.15) is 10.5 Å². The number of hydrogen-bond donors (Lipinski definition) is 2. The number of anilines is 1. The number of rotatable bonds is 2. The Morgan fingerprint density at radius 2 is 2.13 bits per heavy atom. The van der Waals surface area contributed by atoms with E-state index >= 15 is 0 Å². The van der Waals surface area contributed by atoms with Gasteiger partial charge in [0, 0.05) is 15.5 Å². The summed E-state index contributed by atoms with van der Waals surface area (Å²) in [6.45, 7) is 0. The van der Waals surface area contributed by atoms with Crippen LogP contribution < -0.4 is 5.32 Å². The predicted molar refractivity (Wildman–Crippen MR) is 67.9 cm³/mol. The molecule has 0 bridgehead atoms. The summed E-state index contributed by atoms with van der Waals surface area (Å²) in [6.07, 6.45) is 1.73. The lowest BCUT2D eigenvalue weighted by atomic mass is 10.3. The van der Waals surface area contributed by atoms with Crippen LogP contribution in [0.2, 0.25) is 0 Å². The molecule has 1 heterocycles. The van der Waals surface area contributed by atoms with Crippen molar-refractivity contribution in [1.29, 1.82) is 0 Å². The van der Waals surface area contributed by atoms with Gasteiger partial charge in [0.25, 0.3) is 5.91 Å². The van der Waals surface area contributed by atoms with Gasteiger partial charge < -0.3 is 10.3 Å². The summed E-state index contributed by atoms with van der Waals surface area (Å²) in [6, 6.07) is 11.2. The Labute approximate surface area is 101 Å². The SMILES string of the molecule is O=C(Nc1cccc(I)c1)c1ccc[nH]1. The molecule has 0 aliphatic carbocycles. The van der Waals surface area contributed by atoms with Gasteiger partial charge in [0.1, 0.15) is 5.69 Å². The average Bonchev–Trinajstić information content (AvgIpc) is 2.70. The Bertz CT molecular complexity index is 465. The van der Waals surface area contributed by atoms with Gasteiger partial charge in [-0.05, 0) is 52.9 Å². The van der Waals surface area contributed by atoms with Gasteiger partial charge in [0.2, 0.25) is 0 Å². The monoisotopic (exact) mass is 312 g/mol. The highest BCUT2D eigenvalue weighted by atomic mass is 127. The molecule has 0 radical (unpaired) electrons. The number of aromatic amines is 1. The molecule has 0 fully saturated rings. The molecule has 15 heavy (non-hydrogen) atoms. The van der Waals surface area contributed by atoms with Gasteiger partial charge in [-0.1, -0.05) is 6.07 Å². The Balaban J connectivity index is 2.13. The van der Waals surface area contributed by atoms with Crippen LogP contribution in [-0.4, -0.2) is 10.9 Å². The minimum atomic E-state index is -0.123. The fourth-order valence-electron chi connectivity index (χ4n) is 1.24. The van der Waals surface area contributed by atoms with Crippen molar-refractivity contribution in [3.63, 3.8) is 0 Å². The maximum Gasteiger partial charge on any atom is 0.272 e. The van der Waals surface area contributed by atoms with Crippen molar-refractivity contribution in [3.05, 3.63) is 51.9 Å². The van der Waals surface area contributed by atoms with Crippen LogP contribution in [-0.2, 0) is 0 Å². The molecular weight excluding hydrogens is 303 g/mol. The number of carbonyl (C=O) groups excluding carboxylic acids is 1. The van der Waals surface area contributed by atoms with Crippen LogP contribution >= 0.6 is 22.6 Å². The van der Waals surface area contributed by atoms with Crippen molar-refractivity contribution in [1.82, 2.24) is 4.98 Å². The van der Waals surface area contributed by atoms with Crippen molar-refractivity contribution in [2.24, 2.45) is 0 Å². The number of H-pyrrole nitrogens is 1. The summed E-state index contributed by atoms with van der Waals surface area (Å²) < 4.78 is 1.09. The topological polar surface area (TPSA) is 44.9 Å². The van der Waals surface area contributed by atoms with E-state index < -0.39 is 0 Å². The molecule has 1 aromatic carbocycles. The quantitative estimate of drug-likeness (QED) is 0.823. The Hall–Kier alpha value is -1.30. The van der Waals surface area contributed by atoms with Crippen molar-refractivity contribution in [3.8, 4) is 0 Å². The van der Waals surface area contributed by atoms with E-state index in [1.165, 1.54) is 0 Å². The first-order chi connectivity index (χ1) is 7.25. The van der Waals surface area contributed by atoms with E-state index in [1.54, 1.807) is 18.3 Å². The Morgan fingerprint density at radius 3 is 2.80 bits per heavy atom. The summed E-state index contributed by atoms with van der Waals surface area (Å²) >= 11 is 2.21. The third kappa shape index (κ3) is 2.59. The fraction of sp³-hybridized carbons (Fsp3) is 0. The summed E-state index contributed by atoms with van der Waals surface area (Å²) in [5, 5.41) is 2.81. The first-order valence-electron chi connectivity index (χ1n) is 4.46. The molecular formula is C11H9IN2O. The second kappa shape index (κ2) is 4.48. The van der Waals surface area contributed by atoms with Gasteiger partial charge in [0.15, 0.2) is 0 Å². The second-order valence-electron chi connectivity index (χ2n) is 3.05. The molecule has 1 aromatic heterocycles. The standard InChI is InChI=1S/C11H9IN2O/c12-8-3-1-4-9(7-8)14-11(15)10-5-2-6-13-10/h1-7,13H,(H,14,15). The van der Waals surface area contributed by atoms with Crippen molar-refractivity contribution in [2.45, 2.75) is 0 Å². The van der Waals surface area contributed by atoms with Crippen molar-refractivity contribution >= 4 is 34.2 Å². The summed E-state index contributed by atoms with van der Waals surface area (Å²) in [5.74, 6) is -0.123. The maximum atomic E-state index is 11.6. The molecule has 0 saturated heterocycles. The highest BCUT2D eigenvalue weighted by molar-refractivity contribution is 14.1. The van der Waals surface area contributed by atoms with E-state index in [9.17, 15) is 4.79 Å². The lowest BCUT2D eigenvalue weighted by Crippen LogP contribution is -2.12. The van der Waals surface area contributed by atoms with Gasteiger partial charge in [-0.25, -0.2) is 0 Å². The molecule has 2 rings (SSSR count). The molecule has 3 nitrogen and oxygen atoms in total. The molecule has 0 aliphatic rings. The number of hydrogen-bond acceptors (Lipinski definition) is 1. The zero-order valence-electron chi connectivity index (χ0n) is 7.83. The average molecular weight is 312 g/mol. The van der Waals surface area contributed by atoms with E-state index in [2.05, 4.69) is 32.9 Å². The van der Waals surface area contributed by atoms with Crippen LogP contribution in [0.25, 0.3) is 0 Å². The summed E-state index contributed by atoms with van der Waals surface area (Å²) in [7, 11) is 0. The molecule has 76 valence electrons. The highest BCUT2D eigenvalue weighted by Crippen LogP contribution is 2.13. The number of benzene rings is 1. The third-order valence-electron chi connectivity index (χ3n) is 1.93. The molecule has 0 atom stereocenters. The Kier molecular flexibility index (Phi) is 3.05. The van der Waals surface area contributed by atoms with Crippen LogP contribution in [0.15, 0.2) is 42.6 Å². The largest absolute Gasteiger partial charge is 0.357 e. The first-order valence-corrected chi connectivity index (χ1v) is 5.54. The fourth-order valence-corrected chi connectivity index (χ4v) is 1.78. The molecule has 2 aromatic rings. The lowest BCUT2D eigenvalue weighted by Gasteiger charge is -2.03. The van der Waals surface area contributed by atoms with E-state index in [4.69, 9.17) is 0 Å². The smallest absolute Gasteiger partial charge is 0.272 e. The number of carbonyl (C=O) groups is 1. The molecule has 0 unspecified atom stereocenters. The minimum Gasteiger partial charge on any atom is -0.357 e. The van der Waals surface area contributed by atoms with E-state index in [0.717, 1.165) is 9.26 Å². The third-order valence-corrected chi connectivity index (χ3v) is 2.60. The number of nitrogens with one attached hydrogen (secondary N) is 2. The van der Waals surface area contributed by atoms with E-state index in [1.807, 2.05) is 24.3 Å². The Morgan fingerprint density at radius 1 is 1.27 bits per heavy atom. The first kappa shape index (κ1) is 10.2. The van der Waals surface area contributed by atoms with Gasteiger partial charge in [-0.3, -0.25) is 4.79 Å². The minimum absolute atomic E-state index is 0.123. The van der Waals surface area contributed by atoms with Gasteiger partial charge in [0.05, 0.1) is 0 Å². The molecule has 0 saturated carbocycles. The second-order valence-corrected chi connectivity index (χ2v) is 4.29. The molecule has 0 spiro atoms. The molecule has 2 N–H and O–H groups in total. The normalized spacial score (nSPS) is 9.93. The molecule has 4 heteroatoms. The number of aromatic nitrogens is 1.